The molecule has 2 fully saturated rings. The first kappa shape index (κ1) is 6.22. The topological polar surface area (TPSA) is 37.4 Å². The van der Waals surface area contributed by atoms with Gasteiger partial charge in [0.2, 0.25) is 5.91 Å². The second-order valence-electron chi connectivity index (χ2n) is 2.45. The van der Waals surface area contributed by atoms with Crippen LogP contribution in [-0.4, -0.2) is 34.8 Å². The number of nitrogens with zero attached hydrogens (tertiary/aromatic N) is 1. The molecule has 10 heavy (non-hydrogen) atoms. The van der Waals surface area contributed by atoms with Gasteiger partial charge in [-0.2, -0.15) is 0 Å². The zero-order valence-corrected chi connectivity index (χ0v) is 6.13. The Morgan fingerprint density at radius 2 is 2.50 bits per heavy atom. The molecule has 0 aliphatic carbocycles. The molecule has 0 aromatic carbocycles. The molecule has 0 aromatic rings. The van der Waals surface area contributed by atoms with E-state index in [-0.39, 0.29) is 17.2 Å². The van der Waals surface area contributed by atoms with E-state index in [2.05, 4.69) is 0 Å². The maximum atomic E-state index is 11.0. The Labute approximate surface area is 62.8 Å². The molecular weight excluding hydrogens is 150 g/mol. The first-order valence-electron chi connectivity index (χ1n) is 3.22. The highest BCUT2D eigenvalue weighted by Gasteiger charge is 2.50. The van der Waals surface area contributed by atoms with Crippen LogP contribution < -0.4 is 0 Å². The lowest BCUT2D eigenvalue weighted by Gasteiger charge is -2.38. The number of carbonyl (C=O) groups excluding carboxylic acids is 2. The van der Waals surface area contributed by atoms with Gasteiger partial charge >= 0.3 is 0 Å². The molecule has 0 spiro atoms. The zero-order valence-electron chi connectivity index (χ0n) is 5.32. The number of hydrogen-bond donors (Lipinski definition) is 0. The predicted octanol–water partition coefficient (Wildman–Crippen LogP) is -0.283. The normalized spacial score (nSPS) is 37.2. The van der Waals surface area contributed by atoms with Crippen LogP contribution in [0.5, 0.6) is 0 Å². The van der Waals surface area contributed by atoms with Crippen molar-refractivity contribution < 1.29 is 9.59 Å². The molecule has 3 nitrogen and oxygen atoms in total. The monoisotopic (exact) mass is 157 g/mol. The molecule has 2 rings (SSSR count). The second kappa shape index (κ2) is 1.99. The minimum absolute atomic E-state index is 0.0185. The molecule has 0 saturated carbocycles. The fourth-order valence-electron chi connectivity index (χ4n) is 1.38. The van der Waals surface area contributed by atoms with E-state index in [0.717, 1.165) is 18.6 Å². The minimum Gasteiger partial charge on any atom is -0.328 e. The summed E-state index contributed by atoms with van der Waals surface area (Å²) in [5.41, 5.74) is 0. The van der Waals surface area contributed by atoms with Gasteiger partial charge < -0.3 is 9.69 Å². The number of β-lactam (4-membered cyclic amide) rings is 1. The Kier molecular flexibility index (Phi) is 1.23. The minimum atomic E-state index is -0.326. The summed E-state index contributed by atoms with van der Waals surface area (Å²) in [5.74, 6) is 0.679. The molecular formula is C6H7NO2S. The average Bonchev–Trinajstić information content (AvgIpc) is 2.33. The predicted molar refractivity (Wildman–Crippen MR) is 37.5 cm³/mol. The molecule has 2 aliphatic heterocycles. The Hall–Kier alpha value is -0.510. The van der Waals surface area contributed by atoms with Gasteiger partial charge in [0.25, 0.3) is 0 Å². The number of carbonyl (C=O) groups is 2. The Balaban J connectivity index is 2.14. The van der Waals surface area contributed by atoms with Gasteiger partial charge in [-0.3, -0.25) is 4.79 Å². The maximum absolute atomic E-state index is 11.0. The van der Waals surface area contributed by atoms with Crippen molar-refractivity contribution in [3.05, 3.63) is 0 Å². The van der Waals surface area contributed by atoms with Gasteiger partial charge in [-0.15, -0.1) is 11.8 Å². The number of thioether (sulfide) groups is 1. The summed E-state index contributed by atoms with van der Waals surface area (Å²) in [6, 6.07) is 0. The highest BCUT2D eigenvalue weighted by atomic mass is 32.2. The number of hydrogen-bond acceptors (Lipinski definition) is 3. The summed E-state index contributed by atoms with van der Waals surface area (Å²) in [7, 11) is 0. The van der Waals surface area contributed by atoms with Gasteiger partial charge in [0.15, 0.2) is 0 Å². The molecule has 2 aliphatic rings. The Morgan fingerprint density at radius 1 is 1.70 bits per heavy atom. The summed E-state index contributed by atoms with van der Waals surface area (Å²) >= 11 is 1.70. The molecule has 0 N–H and O–H groups in total. The molecule has 0 bridgehead atoms. The van der Waals surface area contributed by atoms with Crippen LogP contribution in [-0.2, 0) is 9.59 Å². The lowest BCUT2D eigenvalue weighted by Crippen LogP contribution is -2.56. The summed E-state index contributed by atoms with van der Waals surface area (Å²) in [4.78, 5) is 23.0. The zero-order chi connectivity index (χ0) is 7.14. The first-order valence-corrected chi connectivity index (χ1v) is 4.27. The molecule has 2 saturated heterocycles. The van der Waals surface area contributed by atoms with Crippen LogP contribution in [0.15, 0.2) is 0 Å². The van der Waals surface area contributed by atoms with Crippen molar-refractivity contribution in [2.24, 2.45) is 5.92 Å². The first-order chi connectivity index (χ1) is 4.84. The van der Waals surface area contributed by atoms with Crippen LogP contribution in [0, 0.1) is 5.92 Å². The van der Waals surface area contributed by atoms with Gasteiger partial charge in [0.1, 0.15) is 12.2 Å². The molecule has 2 atom stereocenters. The van der Waals surface area contributed by atoms with E-state index in [4.69, 9.17) is 0 Å². The van der Waals surface area contributed by atoms with Crippen molar-refractivity contribution in [3.8, 4) is 0 Å². The van der Waals surface area contributed by atoms with Crippen LogP contribution in [0.3, 0.4) is 0 Å². The van der Waals surface area contributed by atoms with Crippen LogP contribution >= 0.6 is 11.8 Å². The fraction of sp³-hybridized carbons (Fsp3) is 0.667. The van der Waals surface area contributed by atoms with Crippen molar-refractivity contribution in [1.29, 1.82) is 0 Å². The average molecular weight is 157 g/mol. The van der Waals surface area contributed by atoms with E-state index >= 15 is 0 Å². The van der Waals surface area contributed by atoms with Crippen LogP contribution in [0.2, 0.25) is 0 Å². The van der Waals surface area contributed by atoms with Gasteiger partial charge in [0.05, 0.1) is 5.37 Å². The third kappa shape index (κ3) is 0.572. The molecule has 0 radical (unpaired) electrons. The van der Waals surface area contributed by atoms with E-state index in [9.17, 15) is 9.59 Å². The largest absolute Gasteiger partial charge is 0.328 e. The third-order valence-corrected chi connectivity index (χ3v) is 3.26. The smallest absolute Gasteiger partial charge is 0.236 e. The number of aldehydes is 1. The van der Waals surface area contributed by atoms with Gasteiger partial charge in [-0.1, -0.05) is 0 Å². The standard InChI is InChI=1S/C6H7NO2S/c8-3-4-5(9)7-1-2-10-6(4)7/h3-4,6H,1-2H2/t4?,6-/m0/s1. The van der Waals surface area contributed by atoms with Crippen LogP contribution in [0.4, 0.5) is 0 Å². The van der Waals surface area contributed by atoms with E-state index < -0.39 is 0 Å². The summed E-state index contributed by atoms with van der Waals surface area (Å²) < 4.78 is 0. The van der Waals surface area contributed by atoms with E-state index in [1.165, 1.54) is 0 Å². The highest BCUT2D eigenvalue weighted by molar-refractivity contribution is 8.00. The lowest BCUT2D eigenvalue weighted by molar-refractivity contribution is -0.150. The molecule has 4 heteroatoms. The molecule has 1 amide bonds. The summed E-state index contributed by atoms with van der Waals surface area (Å²) in [5, 5.41) is 0.185. The van der Waals surface area contributed by atoms with Crippen molar-refractivity contribution in [2.75, 3.05) is 12.3 Å². The lowest BCUT2D eigenvalue weighted by atomic mass is 10.0. The summed E-state index contributed by atoms with van der Waals surface area (Å²) in [6.45, 7) is 0.832. The summed E-state index contributed by atoms with van der Waals surface area (Å²) in [6.07, 6.45) is 0.766. The molecule has 1 unspecified atom stereocenters. The fourth-order valence-corrected chi connectivity index (χ4v) is 2.70. The highest BCUT2D eigenvalue weighted by Crippen LogP contribution is 2.38. The maximum Gasteiger partial charge on any atom is 0.236 e. The number of rotatable bonds is 1. The van der Waals surface area contributed by atoms with Crippen LogP contribution in [0.1, 0.15) is 0 Å². The van der Waals surface area contributed by atoms with Crippen molar-refractivity contribution in [1.82, 2.24) is 4.90 Å². The third-order valence-electron chi connectivity index (χ3n) is 1.95. The molecule has 2 heterocycles. The Bertz CT molecular complexity index is 194. The van der Waals surface area contributed by atoms with Gasteiger partial charge in [-0.05, 0) is 0 Å². The van der Waals surface area contributed by atoms with Gasteiger partial charge in [-0.25, -0.2) is 0 Å². The quantitative estimate of drug-likeness (QED) is 0.298. The molecule has 54 valence electrons. The van der Waals surface area contributed by atoms with Crippen LogP contribution in [0.25, 0.3) is 0 Å². The van der Waals surface area contributed by atoms with Gasteiger partial charge in [0, 0.05) is 12.3 Å². The molecule has 0 aromatic heterocycles. The van der Waals surface area contributed by atoms with Crippen molar-refractivity contribution in [2.45, 2.75) is 5.37 Å². The van der Waals surface area contributed by atoms with E-state index in [1.807, 2.05) is 0 Å². The Morgan fingerprint density at radius 3 is 3.20 bits per heavy atom. The second-order valence-corrected chi connectivity index (χ2v) is 3.68. The number of amides is 1. The number of fused-ring (bicyclic) bond motifs is 1. The van der Waals surface area contributed by atoms with E-state index in [1.54, 1.807) is 16.7 Å². The van der Waals surface area contributed by atoms with Crippen molar-refractivity contribution in [3.63, 3.8) is 0 Å². The van der Waals surface area contributed by atoms with E-state index in [0.29, 0.717) is 0 Å². The van der Waals surface area contributed by atoms with Crippen molar-refractivity contribution >= 4 is 24.0 Å². The SMILES string of the molecule is O=CC1C(=O)N2CCS[C@@H]12.